The molecule has 38 heavy (non-hydrogen) atoms. The fourth-order valence-corrected chi connectivity index (χ4v) is 7.44. The van der Waals surface area contributed by atoms with Crippen molar-refractivity contribution < 1.29 is 17.9 Å². The van der Waals surface area contributed by atoms with Gasteiger partial charge in [0.25, 0.3) is 0 Å². The summed E-state index contributed by atoms with van der Waals surface area (Å²) < 4.78 is 34.6. The van der Waals surface area contributed by atoms with Crippen LogP contribution in [0.1, 0.15) is 35.4 Å². The highest BCUT2D eigenvalue weighted by molar-refractivity contribution is 7.89. The Hall–Kier alpha value is -3.04. The third-order valence-corrected chi connectivity index (χ3v) is 9.81. The summed E-state index contributed by atoms with van der Waals surface area (Å²) in [4.78, 5) is 17.2. The van der Waals surface area contributed by atoms with Crippen LogP contribution in [-0.4, -0.2) is 56.4 Å². The van der Waals surface area contributed by atoms with Gasteiger partial charge in [0.05, 0.1) is 17.5 Å². The van der Waals surface area contributed by atoms with E-state index in [4.69, 9.17) is 4.74 Å². The lowest BCUT2D eigenvalue weighted by Gasteiger charge is -2.37. The molecule has 2 heterocycles. The molecule has 5 rings (SSSR count). The number of benzene rings is 3. The van der Waals surface area contributed by atoms with E-state index in [9.17, 15) is 13.2 Å². The highest BCUT2D eigenvalue weighted by atomic mass is 32.2. The zero-order valence-corrected chi connectivity index (χ0v) is 23.1. The lowest BCUT2D eigenvalue weighted by Crippen LogP contribution is -2.47. The Balaban J connectivity index is 1.45. The second kappa shape index (κ2) is 11.8. The van der Waals surface area contributed by atoms with Crippen molar-refractivity contribution >= 4 is 38.0 Å². The van der Waals surface area contributed by atoms with Crippen molar-refractivity contribution in [1.82, 2.24) is 9.21 Å². The molecule has 8 heteroatoms. The molecule has 1 atom stereocenters. The van der Waals surface area contributed by atoms with Gasteiger partial charge < -0.3 is 9.64 Å². The van der Waals surface area contributed by atoms with E-state index in [2.05, 4.69) is 11.4 Å². The van der Waals surface area contributed by atoms with Crippen LogP contribution in [0.4, 0.5) is 0 Å². The predicted octanol–water partition coefficient (Wildman–Crippen LogP) is 5.49. The second-order valence-electron chi connectivity index (χ2n) is 9.35. The van der Waals surface area contributed by atoms with E-state index >= 15 is 0 Å². The maximum atomic E-state index is 13.9. The van der Waals surface area contributed by atoms with Gasteiger partial charge in [0.15, 0.2) is 0 Å². The number of sulfonamides is 1. The molecule has 198 valence electrons. The number of nitrogens with zero attached hydrogens (tertiary/aromatic N) is 2. The molecule has 0 fully saturated rings. The maximum absolute atomic E-state index is 13.9. The minimum atomic E-state index is -3.91. The Morgan fingerprint density at radius 2 is 1.79 bits per heavy atom. The van der Waals surface area contributed by atoms with Crippen molar-refractivity contribution in [2.75, 3.05) is 32.8 Å². The highest BCUT2D eigenvalue weighted by Crippen LogP contribution is 2.38. The number of hydrogen-bond acceptors (Lipinski definition) is 5. The van der Waals surface area contributed by atoms with Crippen LogP contribution in [0.25, 0.3) is 10.8 Å². The Morgan fingerprint density at radius 3 is 2.58 bits per heavy atom. The van der Waals surface area contributed by atoms with Gasteiger partial charge in [-0.25, -0.2) is 8.42 Å². The second-order valence-corrected chi connectivity index (χ2v) is 12.3. The van der Waals surface area contributed by atoms with E-state index in [1.807, 2.05) is 72.5 Å². The zero-order chi connectivity index (χ0) is 26.5. The van der Waals surface area contributed by atoms with Crippen molar-refractivity contribution in [3.8, 4) is 0 Å². The van der Waals surface area contributed by atoms with Crippen LogP contribution >= 0.6 is 11.3 Å². The molecule has 0 saturated carbocycles. The smallest absolute Gasteiger partial charge is 0.243 e. The van der Waals surface area contributed by atoms with Crippen LogP contribution in [0.15, 0.2) is 89.1 Å². The molecule has 0 bridgehead atoms. The molecule has 0 aliphatic carbocycles. The van der Waals surface area contributed by atoms with E-state index in [-0.39, 0.29) is 29.9 Å². The van der Waals surface area contributed by atoms with Gasteiger partial charge in [-0.3, -0.25) is 4.79 Å². The minimum absolute atomic E-state index is 0.193. The molecule has 1 aliphatic heterocycles. The van der Waals surface area contributed by atoms with E-state index < -0.39 is 10.0 Å². The van der Waals surface area contributed by atoms with Gasteiger partial charge in [0.1, 0.15) is 0 Å². The van der Waals surface area contributed by atoms with Gasteiger partial charge in [-0.05, 0) is 65.2 Å². The summed E-state index contributed by atoms with van der Waals surface area (Å²) in [6.45, 7) is 3.44. The minimum Gasteiger partial charge on any atom is -0.382 e. The SMILES string of the molecule is CCOCCCN(CC(=O)N1CCc2sccc2[C@@H]1c1ccccc1)S(=O)(=O)c1ccc2ccccc2c1. The first-order chi connectivity index (χ1) is 18.5. The number of carbonyl (C=O) groups excluding carboxylic acids is 1. The molecule has 1 amide bonds. The number of thiophene rings is 1. The van der Waals surface area contributed by atoms with Crippen LogP contribution in [0.2, 0.25) is 0 Å². The van der Waals surface area contributed by atoms with E-state index in [0.717, 1.165) is 28.3 Å². The Kier molecular flexibility index (Phi) is 8.24. The van der Waals surface area contributed by atoms with Gasteiger partial charge in [-0.2, -0.15) is 4.31 Å². The monoisotopic (exact) mass is 548 g/mol. The van der Waals surface area contributed by atoms with Crippen molar-refractivity contribution in [1.29, 1.82) is 0 Å². The summed E-state index contributed by atoms with van der Waals surface area (Å²) in [5.74, 6) is -0.198. The van der Waals surface area contributed by atoms with Crippen molar-refractivity contribution in [3.05, 3.63) is 100 Å². The fourth-order valence-electron chi connectivity index (χ4n) is 5.07. The van der Waals surface area contributed by atoms with Gasteiger partial charge >= 0.3 is 0 Å². The normalized spacial score (nSPS) is 15.6. The zero-order valence-electron chi connectivity index (χ0n) is 21.5. The lowest BCUT2D eigenvalue weighted by atomic mass is 9.93. The lowest BCUT2D eigenvalue weighted by molar-refractivity contribution is -0.133. The van der Waals surface area contributed by atoms with Crippen LogP contribution in [0, 0.1) is 0 Å². The average molecular weight is 549 g/mol. The number of rotatable bonds is 10. The molecule has 1 aromatic heterocycles. The molecule has 0 unspecified atom stereocenters. The summed E-state index contributed by atoms with van der Waals surface area (Å²) in [6, 6.07) is 24.6. The van der Waals surface area contributed by atoms with Gasteiger partial charge in [0.2, 0.25) is 15.9 Å². The largest absolute Gasteiger partial charge is 0.382 e. The van der Waals surface area contributed by atoms with E-state index in [1.165, 1.54) is 9.18 Å². The first-order valence-corrected chi connectivity index (χ1v) is 15.3. The standard InChI is InChI=1S/C30H32N2O4S2/c1-2-36-19-8-17-31(38(34,35)26-14-13-23-9-6-7-12-25(23)21-26)22-29(33)32-18-15-28-27(16-20-37-28)30(32)24-10-4-3-5-11-24/h3-7,9-14,16,20-21,30H,2,8,15,17-19,22H2,1H3/t30-/m0/s1. The molecular formula is C30H32N2O4S2. The first kappa shape index (κ1) is 26.6. The Labute approximate surface area is 228 Å². The first-order valence-electron chi connectivity index (χ1n) is 13.0. The molecule has 0 spiro atoms. The average Bonchev–Trinajstić information content (AvgIpc) is 3.43. The third-order valence-electron chi connectivity index (χ3n) is 6.97. The maximum Gasteiger partial charge on any atom is 0.243 e. The fraction of sp³-hybridized carbons (Fsp3) is 0.300. The molecule has 6 nitrogen and oxygen atoms in total. The summed E-state index contributed by atoms with van der Waals surface area (Å²) in [6.07, 6.45) is 1.27. The molecule has 0 radical (unpaired) electrons. The molecule has 3 aromatic carbocycles. The third kappa shape index (κ3) is 5.54. The molecule has 1 aliphatic rings. The van der Waals surface area contributed by atoms with Crippen molar-refractivity contribution in [2.24, 2.45) is 0 Å². The molecule has 0 N–H and O–H groups in total. The van der Waals surface area contributed by atoms with Crippen molar-refractivity contribution in [2.45, 2.75) is 30.7 Å². The van der Waals surface area contributed by atoms with E-state index in [0.29, 0.717) is 26.2 Å². The van der Waals surface area contributed by atoms with Crippen LogP contribution in [0.3, 0.4) is 0 Å². The quantitative estimate of drug-likeness (QED) is 0.246. The Bertz CT molecular complexity index is 1500. The summed E-state index contributed by atoms with van der Waals surface area (Å²) in [7, 11) is -3.91. The summed E-state index contributed by atoms with van der Waals surface area (Å²) >= 11 is 1.71. The van der Waals surface area contributed by atoms with Gasteiger partial charge in [0, 0.05) is 31.2 Å². The van der Waals surface area contributed by atoms with Gasteiger partial charge in [-0.1, -0.05) is 60.7 Å². The molecule has 4 aromatic rings. The van der Waals surface area contributed by atoms with Gasteiger partial charge in [-0.15, -0.1) is 11.3 Å². The molecular weight excluding hydrogens is 516 g/mol. The van der Waals surface area contributed by atoms with Crippen LogP contribution < -0.4 is 0 Å². The molecule has 0 saturated heterocycles. The van der Waals surface area contributed by atoms with Crippen LogP contribution in [-0.2, 0) is 26.0 Å². The van der Waals surface area contributed by atoms with Crippen LogP contribution in [0.5, 0.6) is 0 Å². The van der Waals surface area contributed by atoms with E-state index in [1.54, 1.807) is 23.5 Å². The Morgan fingerprint density at radius 1 is 1.03 bits per heavy atom. The highest BCUT2D eigenvalue weighted by Gasteiger charge is 2.35. The number of hydrogen-bond donors (Lipinski definition) is 0. The number of ether oxygens (including phenoxy) is 1. The number of carbonyl (C=O) groups is 1. The summed E-state index contributed by atoms with van der Waals surface area (Å²) in [5, 5.41) is 3.88. The summed E-state index contributed by atoms with van der Waals surface area (Å²) in [5.41, 5.74) is 2.15. The number of amides is 1. The predicted molar refractivity (Wildman–Crippen MR) is 152 cm³/mol. The van der Waals surface area contributed by atoms with Crippen molar-refractivity contribution in [3.63, 3.8) is 0 Å². The number of fused-ring (bicyclic) bond motifs is 2. The topological polar surface area (TPSA) is 66.9 Å².